The molecule has 1 unspecified atom stereocenters. The molecule has 1 aromatic heterocycles. The molecule has 0 bridgehead atoms. The van der Waals surface area contributed by atoms with Crippen molar-refractivity contribution in [1.82, 2.24) is 4.57 Å². The molecule has 0 spiro atoms. The molecule has 1 rings (SSSR count). The van der Waals surface area contributed by atoms with Crippen LogP contribution in [0.4, 0.5) is 0 Å². The molecule has 0 saturated heterocycles. The fourth-order valence-electron chi connectivity index (χ4n) is 1.67. The lowest BCUT2D eigenvalue weighted by Crippen LogP contribution is -2.30. The zero-order chi connectivity index (χ0) is 13.7. The summed E-state index contributed by atoms with van der Waals surface area (Å²) in [6, 6.07) is 2.81. The monoisotopic (exact) mass is 251 g/mol. The van der Waals surface area contributed by atoms with E-state index in [1.807, 2.05) is 33.8 Å². The Morgan fingerprint density at radius 3 is 2.61 bits per heavy atom. The Balaban J connectivity index is 2.89. The van der Waals surface area contributed by atoms with Crippen molar-refractivity contribution in [3.8, 4) is 0 Å². The Labute approximate surface area is 108 Å². The molecule has 0 aliphatic heterocycles. The van der Waals surface area contributed by atoms with Crippen LogP contribution in [0.15, 0.2) is 23.1 Å². The minimum atomic E-state index is -0.531. The van der Waals surface area contributed by atoms with Crippen molar-refractivity contribution in [2.45, 2.75) is 40.2 Å². The van der Waals surface area contributed by atoms with Crippen LogP contribution in [0.2, 0.25) is 0 Å². The normalized spacial score (nSPS) is 12.5. The summed E-state index contributed by atoms with van der Waals surface area (Å²) < 4.78 is 6.64. The van der Waals surface area contributed by atoms with Crippen LogP contribution >= 0.6 is 0 Å². The molecule has 100 valence electrons. The molecule has 0 amide bonds. The highest BCUT2D eigenvalue weighted by molar-refractivity contribution is 5.74. The van der Waals surface area contributed by atoms with Crippen LogP contribution in [0.5, 0.6) is 0 Å². The maximum absolute atomic E-state index is 11.9. The summed E-state index contributed by atoms with van der Waals surface area (Å²) in [5.41, 5.74) is 0.727. The highest BCUT2D eigenvalue weighted by Gasteiger charge is 2.21. The van der Waals surface area contributed by atoms with Crippen molar-refractivity contribution in [3.05, 3.63) is 34.2 Å². The van der Waals surface area contributed by atoms with Crippen molar-refractivity contribution < 1.29 is 9.53 Å². The van der Waals surface area contributed by atoms with Gasteiger partial charge in [-0.15, -0.1) is 0 Å². The zero-order valence-corrected chi connectivity index (χ0v) is 11.5. The van der Waals surface area contributed by atoms with Gasteiger partial charge in [0.2, 0.25) is 0 Å². The van der Waals surface area contributed by atoms with Crippen LogP contribution in [0.25, 0.3) is 0 Å². The average Bonchev–Trinajstić information content (AvgIpc) is 2.30. The second-order valence-electron chi connectivity index (χ2n) is 4.90. The van der Waals surface area contributed by atoms with Crippen LogP contribution in [0.1, 0.15) is 38.8 Å². The molecular weight excluding hydrogens is 230 g/mol. The Hall–Kier alpha value is -1.58. The van der Waals surface area contributed by atoms with E-state index in [1.54, 1.807) is 6.20 Å². The van der Waals surface area contributed by atoms with Gasteiger partial charge in [-0.3, -0.25) is 4.79 Å². The third kappa shape index (κ3) is 3.72. The molecule has 0 aliphatic carbocycles. The molecule has 0 aliphatic rings. The topological polar surface area (TPSA) is 48.3 Å². The SMILES string of the molecule is CCC(C(=O)OCC(C)C)n1ccc(C)cc1=O. The molecule has 1 atom stereocenters. The molecule has 0 aromatic carbocycles. The van der Waals surface area contributed by atoms with Gasteiger partial charge in [0.15, 0.2) is 0 Å². The second-order valence-corrected chi connectivity index (χ2v) is 4.90. The molecular formula is C14H21NO3. The molecule has 18 heavy (non-hydrogen) atoms. The van der Waals surface area contributed by atoms with Gasteiger partial charge in [-0.1, -0.05) is 20.8 Å². The number of rotatable bonds is 5. The van der Waals surface area contributed by atoms with E-state index in [9.17, 15) is 9.59 Å². The third-order valence-electron chi connectivity index (χ3n) is 2.66. The largest absolute Gasteiger partial charge is 0.464 e. The first-order valence-electron chi connectivity index (χ1n) is 6.31. The van der Waals surface area contributed by atoms with Gasteiger partial charge in [-0.25, -0.2) is 4.79 Å². The van der Waals surface area contributed by atoms with E-state index in [0.717, 1.165) is 5.56 Å². The lowest BCUT2D eigenvalue weighted by molar-refractivity contribution is -0.149. The van der Waals surface area contributed by atoms with E-state index < -0.39 is 6.04 Å². The van der Waals surface area contributed by atoms with Gasteiger partial charge < -0.3 is 9.30 Å². The minimum absolute atomic E-state index is 0.164. The van der Waals surface area contributed by atoms with Crippen LogP contribution < -0.4 is 5.56 Å². The van der Waals surface area contributed by atoms with E-state index in [2.05, 4.69) is 0 Å². The number of pyridine rings is 1. The molecule has 0 radical (unpaired) electrons. The molecule has 4 nitrogen and oxygen atoms in total. The summed E-state index contributed by atoms with van der Waals surface area (Å²) in [6.45, 7) is 8.06. The molecule has 1 heterocycles. The first-order chi connectivity index (χ1) is 8.45. The van der Waals surface area contributed by atoms with E-state index in [-0.39, 0.29) is 11.5 Å². The van der Waals surface area contributed by atoms with Crippen molar-refractivity contribution in [2.75, 3.05) is 6.61 Å². The Morgan fingerprint density at radius 2 is 2.11 bits per heavy atom. The standard InChI is InChI=1S/C14H21NO3/c1-5-12(14(17)18-9-10(2)3)15-7-6-11(4)8-13(15)16/h6-8,10,12H,5,9H2,1-4H3. The van der Waals surface area contributed by atoms with Gasteiger partial charge in [0.05, 0.1) is 6.61 Å². The van der Waals surface area contributed by atoms with E-state index in [0.29, 0.717) is 18.9 Å². The molecule has 1 aromatic rings. The van der Waals surface area contributed by atoms with Crippen molar-refractivity contribution in [1.29, 1.82) is 0 Å². The average molecular weight is 251 g/mol. The van der Waals surface area contributed by atoms with E-state index >= 15 is 0 Å². The Kier molecular flexibility index (Phi) is 5.13. The summed E-state index contributed by atoms with van der Waals surface area (Å²) in [5, 5.41) is 0. The maximum atomic E-state index is 11.9. The summed E-state index contributed by atoms with van der Waals surface area (Å²) >= 11 is 0. The predicted molar refractivity (Wildman–Crippen MR) is 70.6 cm³/mol. The number of hydrogen-bond acceptors (Lipinski definition) is 3. The summed E-state index contributed by atoms with van der Waals surface area (Å²) in [5.74, 6) is -0.0432. The highest BCUT2D eigenvalue weighted by atomic mass is 16.5. The smallest absolute Gasteiger partial charge is 0.329 e. The highest BCUT2D eigenvalue weighted by Crippen LogP contribution is 2.12. The number of carbonyl (C=O) groups excluding carboxylic acids is 1. The number of ether oxygens (including phenoxy) is 1. The van der Waals surface area contributed by atoms with Gasteiger partial charge in [-0.05, 0) is 30.9 Å². The number of hydrogen-bond donors (Lipinski definition) is 0. The summed E-state index contributed by atoms with van der Waals surface area (Å²) in [6.07, 6.45) is 2.20. The first kappa shape index (κ1) is 14.5. The van der Waals surface area contributed by atoms with Gasteiger partial charge in [0.25, 0.3) is 5.56 Å². The van der Waals surface area contributed by atoms with Crippen LogP contribution in [0, 0.1) is 12.8 Å². The predicted octanol–water partition coefficient (Wildman–Crippen LogP) is 2.31. The van der Waals surface area contributed by atoms with E-state index in [4.69, 9.17) is 4.74 Å². The number of esters is 1. The molecule has 0 N–H and O–H groups in total. The maximum Gasteiger partial charge on any atom is 0.329 e. The zero-order valence-electron chi connectivity index (χ0n) is 11.5. The second kappa shape index (κ2) is 6.38. The quantitative estimate of drug-likeness (QED) is 0.754. The third-order valence-corrected chi connectivity index (χ3v) is 2.66. The fraction of sp³-hybridized carbons (Fsp3) is 0.571. The van der Waals surface area contributed by atoms with Gasteiger partial charge >= 0.3 is 5.97 Å². The fourth-order valence-corrected chi connectivity index (χ4v) is 1.67. The Bertz CT molecular complexity index is 462. The lowest BCUT2D eigenvalue weighted by atomic mass is 10.2. The van der Waals surface area contributed by atoms with Gasteiger partial charge in [-0.2, -0.15) is 0 Å². The van der Waals surface area contributed by atoms with Crippen molar-refractivity contribution in [3.63, 3.8) is 0 Å². The van der Waals surface area contributed by atoms with Gasteiger partial charge in [0, 0.05) is 12.3 Å². The Morgan fingerprint density at radius 1 is 1.44 bits per heavy atom. The van der Waals surface area contributed by atoms with Crippen LogP contribution in [-0.4, -0.2) is 17.1 Å². The van der Waals surface area contributed by atoms with Gasteiger partial charge in [0.1, 0.15) is 6.04 Å². The molecule has 4 heteroatoms. The number of aryl methyl sites for hydroxylation is 1. The number of carbonyl (C=O) groups is 1. The van der Waals surface area contributed by atoms with Crippen LogP contribution in [-0.2, 0) is 9.53 Å². The van der Waals surface area contributed by atoms with Crippen LogP contribution in [0.3, 0.4) is 0 Å². The van der Waals surface area contributed by atoms with E-state index in [1.165, 1.54) is 10.6 Å². The van der Waals surface area contributed by atoms with Crippen molar-refractivity contribution in [2.24, 2.45) is 5.92 Å². The first-order valence-corrected chi connectivity index (χ1v) is 6.31. The summed E-state index contributed by atoms with van der Waals surface area (Å²) in [7, 11) is 0. The number of nitrogens with zero attached hydrogens (tertiary/aromatic N) is 1. The van der Waals surface area contributed by atoms with Crippen molar-refractivity contribution >= 4 is 5.97 Å². The lowest BCUT2D eigenvalue weighted by Gasteiger charge is -2.17. The molecule has 0 fully saturated rings. The number of aromatic nitrogens is 1. The summed E-state index contributed by atoms with van der Waals surface area (Å²) in [4.78, 5) is 23.8. The minimum Gasteiger partial charge on any atom is -0.464 e. The molecule has 0 saturated carbocycles.